The summed E-state index contributed by atoms with van der Waals surface area (Å²) in [6, 6.07) is 23.5. The highest BCUT2D eigenvalue weighted by molar-refractivity contribution is 9.10. The van der Waals surface area contributed by atoms with Crippen molar-refractivity contribution in [2.75, 3.05) is 23.1 Å². The van der Waals surface area contributed by atoms with Crippen LogP contribution in [0.1, 0.15) is 11.1 Å². The van der Waals surface area contributed by atoms with Crippen LogP contribution < -0.4 is 9.62 Å². The first-order valence-corrected chi connectivity index (χ1v) is 13.5. The zero-order valence-corrected chi connectivity index (χ0v) is 20.9. The van der Waals surface area contributed by atoms with Gasteiger partial charge >= 0.3 is 0 Å². The van der Waals surface area contributed by atoms with Crippen molar-refractivity contribution in [2.45, 2.75) is 17.6 Å². The van der Waals surface area contributed by atoms with Crippen molar-refractivity contribution < 1.29 is 13.2 Å². The number of anilines is 1. The van der Waals surface area contributed by atoms with Crippen molar-refractivity contribution in [3.05, 3.63) is 94.5 Å². The van der Waals surface area contributed by atoms with E-state index in [4.69, 9.17) is 0 Å². The van der Waals surface area contributed by atoms with E-state index in [9.17, 15) is 13.2 Å². The first-order chi connectivity index (χ1) is 15.4. The molecule has 3 rings (SSSR count). The Bertz CT molecular complexity index is 1140. The standard InChI is InChI=1S/C24H25BrN2O3S2/c1-19-7-5-6-10-23(19)27(32(29,30)22-8-3-2-4-9-22)17-24(28)26-15-16-31-18-20-11-13-21(25)14-12-20/h2-14H,15-18H2,1H3,(H,26,28). The van der Waals surface area contributed by atoms with E-state index in [1.54, 1.807) is 42.1 Å². The van der Waals surface area contributed by atoms with Crippen molar-refractivity contribution >= 4 is 49.3 Å². The molecule has 1 N–H and O–H groups in total. The van der Waals surface area contributed by atoms with Gasteiger partial charge < -0.3 is 5.32 Å². The van der Waals surface area contributed by atoms with Crippen molar-refractivity contribution in [3.63, 3.8) is 0 Å². The first-order valence-electron chi connectivity index (χ1n) is 10.1. The van der Waals surface area contributed by atoms with E-state index in [-0.39, 0.29) is 17.3 Å². The lowest BCUT2D eigenvalue weighted by Crippen LogP contribution is -2.41. The van der Waals surface area contributed by atoms with Crippen molar-refractivity contribution in [2.24, 2.45) is 0 Å². The Kier molecular flexibility index (Phi) is 8.78. The van der Waals surface area contributed by atoms with Crippen molar-refractivity contribution in [3.8, 4) is 0 Å². The summed E-state index contributed by atoms with van der Waals surface area (Å²) >= 11 is 5.14. The minimum atomic E-state index is -3.88. The number of sulfonamides is 1. The number of halogens is 1. The quantitative estimate of drug-likeness (QED) is 0.373. The molecule has 3 aromatic carbocycles. The largest absolute Gasteiger partial charge is 0.354 e. The Morgan fingerprint density at radius 1 is 0.969 bits per heavy atom. The van der Waals surface area contributed by atoms with Gasteiger partial charge in [0.2, 0.25) is 5.91 Å². The Morgan fingerprint density at radius 2 is 1.62 bits per heavy atom. The predicted octanol–water partition coefficient (Wildman–Crippen LogP) is 5.00. The van der Waals surface area contributed by atoms with Crippen LogP contribution in [0.2, 0.25) is 0 Å². The minimum absolute atomic E-state index is 0.154. The zero-order valence-electron chi connectivity index (χ0n) is 17.7. The number of hydrogen-bond donors (Lipinski definition) is 1. The summed E-state index contributed by atoms with van der Waals surface area (Å²) in [5, 5.41) is 2.85. The van der Waals surface area contributed by atoms with Crippen LogP contribution in [0.15, 0.2) is 88.2 Å². The monoisotopic (exact) mass is 532 g/mol. The van der Waals surface area contributed by atoms with Gasteiger partial charge in [-0.15, -0.1) is 0 Å². The van der Waals surface area contributed by atoms with Gasteiger partial charge in [0, 0.05) is 22.5 Å². The zero-order chi connectivity index (χ0) is 23.0. The number of nitrogens with zero attached hydrogens (tertiary/aromatic N) is 1. The maximum absolute atomic E-state index is 13.3. The Morgan fingerprint density at radius 3 is 2.31 bits per heavy atom. The fraction of sp³-hybridized carbons (Fsp3) is 0.208. The fourth-order valence-corrected chi connectivity index (χ4v) is 5.67. The van der Waals surface area contributed by atoms with E-state index in [1.165, 1.54) is 22.0 Å². The normalized spacial score (nSPS) is 11.2. The van der Waals surface area contributed by atoms with E-state index >= 15 is 0 Å². The van der Waals surface area contributed by atoms with Crippen LogP contribution in [0.3, 0.4) is 0 Å². The Balaban J connectivity index is 1.62. The van der Waals surface area contributed by atoms with Gasteiger partial charge in [0.25, 0.3) is 10.0 Å². The summed E-state index contributed by atoms with van der Waals surface area (Å²) in [6.45, 7) is 2.02. The topological polar surface area (TPSA) is 66.5 Å². The fourth-order valence-electron chi connectivity index (χ4n) is 3.08. The van der Waals surface area contributed by atoms with Gasteiger partial charge in [0.05, 0.1) is 10.6 Å². The number of para-hydroxylation sites is 1. The van der Waals surface area contributed by atoms with Gasteiger partial charge in [0.1, 0.15) is 6.54 Å². The second kappa shape index (κ2) is 11.5. The van der Waals surface area contributed by atoms with Gasteiger partial charge in [-0.05, 0) is 48.4 Å². The molecule has 32 heavy (non-hydrogen) atoms. The number of rotatable bonds is 10. The number of aryl methyl sites for hydroxylation is 1. The van der Waals surface area contributed by atoms with Crippen LogP contribution in [0.5, 0.6) is 0 Å². The maximum Gasteiger partial charge on any atom is 0.264 e. The second-order valence-electron chi connectivity index (χ2n) is 7.14. The molecule has 0 unspecified atom stereocenters. The smallest absolute Gasteiger partial charge is 0.264 e. The molecule has 0 aliphatic rings. The molecule has 0 radical (unpaired) electrons. The number of amides is 1. The van der Waals surface area contributed by atoms with Gasteiger partial charge in [-0.3, -0.25) is 9.10 Å². The van der Waals surface area contributed by atoms with E-state index in [0.717, 1.165) is 21.5 Å². The average molecular weight is 534 g/mol. The third-order valence-electron chi connectivity index (χ3n) is 4.75. The first kappa shape index (κ1) is 24.4. The molecule has 3 aromatic rings. The molecular formula is C24H25BrN2O3S2. The lowest BCUT2D eigenvalue weighted by atomic mass is 10.2. The van der Waals surface area contributed by atoms with Crippen LogP contribution in [0.25, 0.3) is 0 Å². The van der Waals surface area contributed by atoms with Crippen LogP contribution >= 0.6 is 27.7 Å². The molecular weight excluding hydrogens is 508 g/mol. The van der Waals surface area contributed by atoms with Crippen LogP contribution in [-0.2, 0) is 20.6 Å². The molecule has 0 bridgehead atoms. The van der Waals surface area contributed by atoms with E-state index in [1.807, 2.05) is 31.2 Å². The van der Waals surface area contributed by atoms with E-state index < -0.39 is 10.0 Å². The summed E-state index contributed by atoms with van der Waals surface area (Å²) in [5.74, 6) is 1.25. The van der Waals surface area contributed by atoms with Crippen molar-refractivity contribution in [1.82, 2.24) is 5.32 Å². The molecule has 0 saturated carbocycles. The minimum Gasteiger partial charge on any atom is -0.354 e. The summed E-state index contributed by atoms with van der Waals surface area (Å²) in [5.41, 5.74) is 2.49. The summed E-state index contributed by atoms with van der Waals surface area (Å²) in [7, 11) is -3.88. The van der Waals surface area contributed by atoms with E-state index in [0.29, 0.717) is 12.2 Å². The van der Waals surface area contributed by atoms with Crippen LogP contribution in [0.4, 0.5) is 5.69 Å². The molecule has 0 aromatic heterocycles. The Labute approximate surface area is 202 Å². The predicted molar refractivity (Wildman–Crippen MR) is 135 cm³/mol. The maximum atomic E-state index is 13.3. The van der Waals surface area contributed by atoms with Gasteiger partial charge in [-0.1, -0.05) is 64.5 Å². The highest BCUT2D eigenvalue weighted by Crippen LogP contribution is 2.26. The summed E-state index contributed by atoms with van der Waals surface area (Å²) in [6.07, 6.45) is 0. The molecule has 0 fully saturated rings. The molecule has 168 valence electrons. The number of thioether (sulfide) groups is 1. The highest BCUT2D eigenvalue weighted by Gasteiger charge is 2.27. The van der Waals surface area contributed by atoms with Crippen molar-refractivity contribution in [1.29, 1.82) is 0 Å². The molecule has 0 aliphatic carbocycles. The van der Waals surface area contributed by atoms with Crippen LogP contribution in [-0.4, -0.2) is 33.2 Å². The molecule has 5 nitrogen and oxygen atoms in total. The average Bonchev–Trinajstić information content (AvgIpc) is 2.79. The van der Waals surface area contributed by atoms with Gasteiger partial charge in [0.15, 0.2) is 0 Å². The summed E-state index contributed by atoms with van der Waals surface area (Å²) < 4.78 is 28.9. The highest BCUT2D eigenvalue weighted by atomic mass is 79.9. The lowest BCUT2D eigenvalue weighted by Gasteiger charge is -2.25. The number of nitrogens with one attached hydrogen (secondary N) is 1. The number of carbonyl (C=O) groups excluding carboxylic acids is 1. The number of benzene rings is 3. The van der Waals surface area contributed by atoms with E-state index in [2.05, 4.69) is 33.4 Å². The number of carbonyl (C=O) groups is 1. The SMILES string of the molecule is Cc1ccccc1N(CC(=O)NCCSCc1ccc(Br)cc1)S(=O)(=O)c1ccccc1. The Hall–Kier alpha value is -2.29. The van der Waals surface area contributed by atoms with Gasteiger partial charge in [-0.2, -0.15) is 11.8 Å². The number of hydrogen-bond acceptors (Lipinski definition) is 4. The lowest BCUT2D eigenvalue weighted by molar-refractivity contribution is -0.119. The molecule has 0 spiro atoms. The van der Waals surface area contributed by atoms with Gasteiger partial charge in [-0.25, -0.2) is 8.42 Å². The molecule has 0 atom stereocenters. The summed E-state index contributed by atoms with van der Waals surface area (Å²) in [4.78, 5) is 12.8. The molecule has 8 heteroatoms. The molecule has 0 saturated heterocycles. The van der Waals surface area contributed by atoms with Crippen LogP contribution in [0, 0.1) is 6.92 Å². The molecule has 1 amide bonds. The third-order valence-corrected chi connectivity index (χ3v) is 8.09. The second-order valence-corrected chi connectivity index (χ2v) is 11.0. The molecule has 0 aliphatic heterocycles. The third kappa shape index (κ3) is 6.60. The molecule has 0 heterocycles.